The van der Waals surface area contributed by atoms with Crippen LogP contribution < -0.4 is 5.43 Å². The van der Waals surface area contributed by atoms with Gasteiger partial charge < -0.3 is 10.2 Å². The standard InChI is InChI=1S/C30H41N5O8/c1-17(4-9-26(36)37)20-6-7-21-27-22(11-12-28(20,21)2)29(3)13-10-18(33-39)15-30(29,38)23(27)16-31-32-24-8-5-19(34(40)41)14-25(24)35(42)43/h5,8,14,16-18,20-23,27,32,38H,4,6-7,9-13,15H2,1-3H3,(H,36,37)/b31-16+/t17-,18+,20-,21?,22?,23?,27?,28?,29-,30-/m1/s1. The molecule has 1 aromatic carbocycles. The van der Waals surface area contributed by atoms with E-state index in [0.717, 1.165) is 31.7 Å². The predicted molar refractivity (Wildman–Crippen MR) is 158 cm³/mol. The minimum absolute atomic E-state index is 0.00565. The summed E-state index contributed by atoms with van der Waals surface area (Å²) in [6, 6.07) is 2.77. The lowest BCUT2D eigenvalue weighted by Gasteiger charge is -2.52. The van der Waals surface area contributed by atoms with Crippen LogP contribution >= 0.6 is 0 Å². The molecule has 0 heterocycles. The molecule has 0 amide bonds. The Morgan fingerprint density at radius 2 is 1.88 bits per heavy atom. The van der Waals surface area contributed by atoms with Crippen LogP contribution in [-0.2, 0) is 4.79 Å². The van der Waals surface area contributed by atoms with E-state index in [1.54, 1.807) is 6.21 Å². The Kier molecular flexibility index (Phi) is 8.08. The maximum atomic E-state index is 12.6. The Balaban J connectivity index is 1.50. The number of hydrogen-bond donors (Lipinski definition) is 3. The van der Waals surface area contributed by atoms with Crippen molar-refractivity contribution in [2.45, 2.75) is 90.2 Å². The number of hydrazone groups is 1. The molecular formula is C30H41N5O8. The number of carbonyl (C=O) groups is 1. The number of anilines is 1. The van der Waals surface area contributed by atoms with Gasteiger partial charge in [-0.2, -0.15) is 10.0 Å². The summed E-state index contributed by atoms with van der Waals surface area (Å²) in [6.07, 6.45) is 7.72. The smallest absolute Gasteiger partial charge is 0.303 e. The summed E-state index contributed by atoms with van der Waals surface area (Å²) in [7, 11) is 0. The number of carboxylic acid groups (broad SMARTS) is 1. The number of rotatable bonds is 10. The number of nitro groups is 2. The van der Waals surface area contributed by atoms with Gasteiger partial charge >= 0.3 is 11.7 Å². The summed E-state index contributed by atoms with van der Waals surface area (Å²) in [5.74, 6) is -0.164. The van der Waals surface area contributed by atoms with Crippen LogP contribution in [0.3, 0.4) is 0 Å². The third kappa shape index (κ3) is 4.98. The lowest BCUT2D eigenvalue weighted by Crippen LogP contribution is -2.54. The van der Waals surface area contributed by atoms with Gasteiger partial charge in [0, 0.05) is 36.5 Å². The Bertz CT molecular complexity index is 1340. The number of aliphatic carboxylic acids is 1. The first-order chi connectivity index (χ1) is 20.3. The molecule has 0 bridgehead atoms. The number of benzene rings is 1. The van der Waals surface area contributed by atoms with Crippen LogP contribution in [-0.4, -0.2) is 43.9 Å². The molecule has 10 atom stereocenters. The quantitative estimate of drug-likeness (QED) is 0.122. The number of nitro benzene ring substituents is 2. The summed E-state index contributed by atoms with van der Waals surface area (Å²) in [4.78, 5) is 44.4. The normalized spacial score (nSPS) is 39.0. The van der Waals surface area contributed by atoms with Crippen molar-refractivity contribution in [3.8, 4) is 0 Å². The van der Waals surface area contributed by atoms with Crippen LogP contribution in [0.2, 0.25) is 0 Å². The number of nitroso groups, excluding NO2 is 1. The van der Waals surface area contributed by atoms with E-state index in [1.165, 1.54) is 12.1 Å². The maximum absolute atomic E-state index is 12.6. The van der Waals surface area contributed by atoms with E-state index < -0.39 is 50.2 Å². The highest BCUT2D eigenvalue weighted by molar-refractivity contribution is 5.70. The molecule has 0 aliphatic heterocycles. The first-order valence-corrected chi connectivity index (χ1v) is 15.3. The number of hydrogen-bond acceptors (Lipinski definition) is 10. The highest BCUT2D eigenvalue weighted by Gasteiger charge is 2.72. The molecule has 4 saturated carbocycles. The minimum Gasteiger partial charge on any atom is -0.481 e. The number of nitrogens with one attached hydrogen (secondary N) is 1. The average molecular weight is 600 g/mol. The monoisotopic (exact) mass is 599 g/mol. The zero-order chi connectivity index (χ0) is 31.3. The topological polar surface area (TPSA) is 198 Å². The zero-order valence-corrected chi connectivity index (χ0v) is 24.8. The summed E-state index contributed by atoms with van der Waals surface area (Å²) in [5.41, 5.74) is 0.0396. The van der Waals surface area contributed by atoms with E-state index in [-0.39, 0.29) is 47.6 Å². The van der Waals surface area contributed by atoms with Crippen molar-refractivity contribution in [1.82, 2.24) is 0 Å². The summed E-state index contributed by atoms with van der Waals surface area (Å²) in [5, 5.41) is 52.4. The Morgan fingerprint density at radius 3 is 2.53 bits per heavy atom. The molecular weight excluding hydrogens is 558 g/mol. The zero-order valence-electron chi connectivity index (χ0n) is 24.8. The van der Waals surface area contributed by atoms with Gasteiger partial charge in [-0.1, -0.05) is 25.9 Å². The fourth-order valence-electron chi connectivity index (χ4n) is 10.1. The number of carboxylic acids is 1. The summed E-state index contributed by atoms with van der Waals surface area (Å²) < 4.78 is 0. The highest BCUT2D eigenvalue weighted by Crippen LogP contribution is 2.73. The Labute approximate surface area is 249 Å². The van der Waals surface area contributed by atoms with Crippen molar-refractivity contribution in [1.29, 1.82) is 0 Å². The molecule has 5 unspecified atom stereocenters. The van der Waals surface area contributed by atoms with Gasteiger partial charge in [-0.15, -0.1) is 0 Å². The van der Waals surface area contributed by atoms with Gasteiger partial charge in [-0.25, -0.2) is 0 Å². The maximum Gasteiger partial charge on any atom is 0.303 e. The molecule has 4 fully saturated rings. The molecule has 4 aliphatic carbocycles. The number of aliphatic hydroxyl groups is 1. The molecule has 13 nitrogen and oxygen atoms in total. The van der Waals surface area contributed by atoms with Crippen molar-refractivity contribution < 1.29 is 24.9 Å². The van der Waals surface area contributed by atoms with Crippen LogP contribution in [0.15, 0.2) is 28.5 Å². The van der Waals surface area contributed by atoms with E-state index in [2.05, 4.69) is 36.5 Å². The SMILES string of the molecule is C[C@H](CCC(=O)O)[C@H]1CCC2C3C(/C=N/Nc4ccc([N+](=O)[O-])cc4[N+](=O)[O-])[C@]4(O)C[C@@H](N=O)CC[C@]4(C)C3CCC21C. The van der Waals surface area contributed by atoms with Gasteiger partial charge in [0.05, 0.1) is 27.6 Å². The highest BCUT2D eigenvalue weighted by atomic mass is 16.6. The van der Waals surface area contributed by atoms with Crippen LogP contribution in [0.5, 0.6) is 0 Å². The number of non-ortho nitro benzene ring substituents is 1. The van der Waals surface area contributed by atoms with E-state index in [1.807, 2.05) is 0 Å². The Hall–Kier alpha value is -3.48. The molecule has 5 rings (SSSR count). The van der Waals surface area contributed by atoms with Gasteiger partial charge in [0.15, 0.2) is 0 Å². The van der Waals surface area contributed by atoms with Crippen LogP contribution in [0, 0.1) is 71.5 Å². The summed E-state index contributed by atoms with van der Waals surface area (Å²) >= 11 is 0. The number of fused-ring (bicyclic) bond motifs is 5. The molecule has 13 heteroatoms. The van der Waals surface area contributed by atoms with E-state index in [0.29, 0.717) is 25.2 Å². The first kappa shape index (κ1) is 31.0. The van der Waals surface area contributed by atoms with Crippen molar-refractivity contribution in [2.24, 2.45) is 56.6 Å². The van der Waals surface area contributed by atoms with Gasteiger partial charge in [-0.05, 0) is 86.0 Å². The predicted octanol–water partition coefficient (Wildman–Crippen LogP) is 6.15. The number of nitrogens with zero attached hydrogens (tertiary/aromatic N) is 4. The molecule has 3 N–H and O–H groups in total. The van der Waals surface area contributed by atoms with Gasteiger partial charge in [-0.3, -0.25) is 30.4 Å². The third-order valence-corrected chi connectivity index (χ3v) is 12.2. The van der Waals surface area contributed by atoms with E-state index in [9.17, 15) is 40.1 Å². The van der Waals surface area contributed by atoms with Crippen molar-refractivity contribution in [3.05, 3.63) is 43.3 Å². The van der Waals surface area contributed by atoms with E-state index in [4.69, 9.17) is 0 Å². The molecule has 43 heavy (non-hydrogen) atoms. The fourth-order valence-corrected chi connectivity index (χ4v) is 10.1. The molecule has 234 valence electrons. The van der Waals surface area contributed by atoms with Crippen LogP contribution in [0.1, 0.15) is 78.6 Å². The third-order valence-electron chi connectivity index (χ3n) is 12.2. The second kappa shape index (κ2) is 11.2. The van der Waals surface area contributed by atoms with Crippen LogP contribution in [0.25, 0.3) is 0 Å². The largest absolute Gasteiger partial charge is 0.481 e. The molecule has 0 aromatic heterocycles. The van der Waals surface area contributed by atoms with Crippen LogP contribution in [0.4, 0.5) is 17.1 Å². The minimum atomic E-state index is -1.26. The lowest BCUT2D eigenvalue weighted by molar-refractivity contribution is -0.393. The molecule has 0 spiro atoms. The van der Waals surface area contributed by atoms with Gasteiger partial charge in [0.2, 0.25) is 0 Å². The molecule has 0 radical (unpaired) electrons. The van der Waals surface area contributed by atoms with Gasteiger partial charge in [0.1, 0.15) is 5.69 Å². The van der Waals surface area contributed by atoms with Crippen molar-refractivity contribution in [3.63, 3.8) is 0 Å². The van der Waals surface area contributed by atoms with Crippen molar-refractivity contribution in [2.75, 3.05) is 5.43 Å². The summed E-state index contributed by atoms with van der Waals surface area (Å²) in [6.45, 7) is 6.59. The van der Waals surface area contributed by atoms with Gasteiger partial charge in [0.25, 0.3) is 5.69 Å². The first-order valence-electron chi connectivity index (χ1n) is 15.3. The second-order valence-electron chi connectivity index (χ2n) is 13.9. The fraction of sp³-hybridized carbons (Fsp3) is 0.733. The van der Waals surface area contributed by atoms with E-state index >= 15 is 0 Å². The Morgan fingerprint density at radius 1 is 1.14 bits per heavy atom. The molecule has 4 aliphatic rings. The average Bonchev–Trinajstić information content (AvgIpc) is 3.40. The second-order valence-corrected chi connectivity index (χ2v) is 13.9. The molecule has 1 aromatic rings. The van der Waals surface area contributed by atoms with Crippen molar-refractivity contribution >= 4 is 29.2 Å². The molecule has 0 saturated heterocycles. The lowest BCUT2D eigenvalue weighted by atomic mass is 9.53.